The minimum absolute atomic E-state index is 0.137. The van der Waals surface area contributed by atoms with Gasteiger partial charge in [0.1, 0.15) is 0 Å². The lowest BCUT2D eigenvalue weighted by Gasteiger charge is -2.15. The molecule has 0 atom stereocenters. The molecule has 1 aliphatic rings. The summed E-state index contributed by atoms with van der Waals surface area (Å²) < 4.78 is 0. The molecular formula is C24H19ClN2O2S. The van der Waals surface area contributed by atoms with Crippen LogP contribution < -0.4 is 0 Å². The Labute approximate surface area is 184 Å². The van der Waals surface area contributed by atoms with E-state index in [2.05, 4.69) is 4.98 Å². The average molecular weight is 435 g/mol. The van der Waals surface area contributed by atoms with Crippen molar-refractivity contribution in [2.75, 3.05) is 0 Å². The maximum absolute atomic E-state index is 13.4. The highest BCUT2D eigenvalue weighted by Gasteiger charge is 2.40. The van der Waals surface area contributed by atoms with Crippen LogP contribution >= 0.6 is 23.4 Å². The molecule has 1 aliphatic heterocycles. The Morgan fingerprint density at radius 2 is 1.73 bits per heavy atom. The van der Waals surface area contributed by atoms with E-state index >= 15 is 0 Å². The van der Waals surface area contributed by atoms with Gasteiger partial charge in [-0.2, -0.15) is 0 Å². The van der Waals surface area contributed by atoms with Gasteiger partial charge in [0.05, 0.1) is 22.7 Å². The maximum atomic E-state index is 13.4. The quantitative estimate of drug-likeness (QED) is 0.503. The van der Waals surface area contributed by atoms with Gasteiger partial charge in [-0.05, 0) is 61.4 Å². The number of nitrogens with zero attached hydrogens (tertiary/aromatic N) is 2. The van der Waals surface area contributed by atoms with Crippen molar-refractivity contribution in [3.63, 3.8) is 0 Å². The lowest BCUT2D eigenvalue weighted by Crippen LogP contribution is -2.31. The predicted octanol–water partition coefficient (Wildman–Crippen LogP) is 5.42. The molecule has 0 spiro atoms. The normalized spacial score (nSPS) is 14.0. The van der Waals surface area contributed by atoms with Crippen LogP contribution in [0.3, 0.4) is 0 Å². The minimum atomic E-state index is -0.305. The highest BCUT2D eigenvalue weighted by Crippen LogP contribution is 2.41. The number of pyridine rings is 1. The van der Waals surface area contributed by atoms with E-state index in [-0.39, 0.29) is 18.4 Å². The number of halogens is 1. The number of aryl methyl sites for hydroxylation is 2. The Balaban J connectivity index is 1.78. The molecule has 4 rings (SSSR count). The molecule has 2 aromatic carbocycles. The lowest BCUT2D eigenvalue weighted by molar-refractivity contribution is -0.137. The second-order valence-corrected chi connectivity index (χ2v) is 8.62. The molecule has 2 heterocycles. The zero-order valence-corrected chi connectivity index (χ0v) is 18.1. The summed E-state index contributed by atoms with van der Waals surface area (Å²) in [4.78, 5) is 33.5. The monoisotopic (exact) mass is 434 g/mol. The summed E-state index contributed by atoms with van der Waals surface area (Å²) in [6.07, 6.45) is 1.65. The van der Waals surface area contributed by atoms with Crippen LogP contribution in [0.15, 0.2) is 76.7 Å². The summed E-state index contributed by atoms with van der Waals surface area (Å²) >= 11 is 7.29. The molecule has 4 nitrogen and oxygen atoms in total. The number of carbonyl (C=O) groups is 2. The van der Waals surface area contributed by atoms with Crippen molar-refractivity contribution >= 4 is 40.8 Å². The van der Waals surface area contributed by atoms with Crippen LogP contribution in [0.4, 0.5) is 0 Å². The van der Waals surface area contributed by atoms with E-state index in [4.69, 9.17) is 11.6 Å². The molecule has 0 N–H and O–H groups in total. The SMILES string of the molecule is Cc1ccc(C2=C(Sc3ccc(Cl)cc3)C(=O)N(Cc3ccccn3)C2=O)c(C)c1. The third-order valence-corrected chi connectivity index (χ3v) is 6.20. The van der Waals surface area contributed by atoms with Gasteiger partial charge in [-0.1, -0.05) is 53.2 Å². The number of rotatable bonds is 5. The Hall–Kier alpha value is -2.89. The molecule has 150 valence electrons. The van der Waals surface area contributed by atoms with Crippen molar-refractivity contribution in [1.29, 1.82) is 0 Å². The number of amides is 2. The van der Waals surface area contributed by atoms with Crippen LogP contribution in [0.25, 0.3) is 5.57 Å². The summed E-state index contributed by atoms with van der Waals surface area (Å²) in [6, 6.07) is 18.6. The number of carbonyl (C=O) groups excluding carboxylic acids is 2. The third kappa shape index (κ3) is 4.04. The van der Waals surface area contributed by atoms with Gasteiger partial charge in [0.15, 0.2) is 0 Å². The van der Waals surface area contributed by atoms with Gasteiger partial charge in [0.2, 0.25) is 0 Å². The van der Waals surface area contributed by atoms with E-state index < -0.39 is 0 Å². The molecule has 0 bridgehead atoms. The Bertz CT molecular complexity index is 1160. The predicted molar refractivity (Wildman–Crippen MR) is 120 cm³/mol. The molecule has 0 fully saturated rings. The second-order valence-electron chi connectivity index (χ2n) is 7.10. The van der Waals surface area contributed by atoms with Crippen LogP contribution in [0.5, 0.6) is 0 Å². The molecule has 6 heteroatoms. The van der Waals surface area contributed by atoms with Crippen molar-refractivity contribution in [3.8, 4) is 0 Å². The van der Waals surface area contributed by atoms with E-state index in [0.717, 1.165) is 21.6 Å². The fourth-order valence-electron chi connectivity index (χ4n) is 3.40. The zero-order chi connectivity index (χ0) is 21.3. The molecule has 0 aliphatic carbocycles. The van der Waals surface area contributed by atoms with Gasteiger partial charge in [-0.15, -0.1) is 0 Å². The first kappa shape index (κ1) is 20.4. The fraction of sp³-hybridized carbons (Fsp3) is 0.125. The van der Waals surface area contributed by atoms with Gasteiger partial charge in [-0.25, -0.2) is 0 Å². The number of thioether (sulfide) groups is 1. The van der Waals surface area contributed by atoms with E-state index in [1.807, 2.05) is 56.3 Å². The molecular weight excluding hydrogens is 416 g/mol. The van der Waals surface area contributed by atoms with Gasteiger partial charge in [-0.3, -0.25) is 19.5 Å². The highest BCUT2D eigenvalue weighted by molar-refractivity contribution is 8.04. The van der Waals surface area contributed by atoms with E-state index in [0.29, 0.717) is 21.2 Å². The summed E-state index contributed by atoms with van der Waals surface area (Å²) in [5, 5.41) is 0.619. The molecule has 3 aromatic rings. The Kier molecular flexibility index (Phi) is 5.75. The minimum Gasteiger partial charge on any atom is -0.269 e. The van der Waals surface area contributed by atoms with Crippen LogP contribution in [-0.2, 0) is 16.1 Å². The van der Waals surface area contributed by atoms with Gasteiger partial charge in [0.25, 0.3) is 11.8 Å². The maximum Gasteiger partial charge on any atom is 0.268 e. The number of imide groups is 1. The molecule has 30 heavy (non-hydrogen) atoms. The highest BCUT2D eigenvalue weighted by atomic mass is 35.5. The zero-order valence-electron chi connectivity index (χ0n) is 16.6. The van der Waals surface area contributed by atoms with Crippen molar-refractivity contribution < 1.29 is 9.59 Å². The van der Waals surface area contributed by atoms with Crippen molar-refractivity contribution in [3.05, 3.63) is 99.2 Å². The van der Waals surface area contributed by atoms with Crippen molar-refractivity contribution in [1.82, 2.24) is 9.88 Å². The fourth-order valence-corrected chi connectivity index (χ4v) is 4.53. The largest absolute Gasteiger partial charge is 0.269 e. The smallest absolute Gasteiger partial charge is 0.268 e. The summed E-state index contributed by atoms with van der Waals surface area (Å²) in [6.45, 7) is 4.10. The Morgan fingerprint density at radius 3 is 2.40 bits per heavy atom. The molecule has 0 saturated carbocycles. The number of hydrogen-bond donors (Lipinski definition) is 0. The first-order valence-corrected chi connectivity index (χ1v) is 10.6. The van der Waals surface area contributed by atoms with Crippen molar-refractivity contribution in [2.24, 2.45) is 0 Å². The van der Waals surface area contributed by atoms with Crippen LogP contribution in [-0.4, -0.2) is 21.7 Å². The Morgan fingerprint density at radius 1 is 0.967 bits per heavy atom. The summed E-state index contributed by atoms with van der Waals surface area (Å²) in [5.41, 5.74) is 3.94. The second kappa shape index (κ2) is 8.46. The lowest BCUT2D eigenvalue weighted by atomic mass is 9.99. The topological polar surface area (TPSA) is 50.3 Å². The molecule has 1 aromatic heterocycles. The first-order valence-electron chi connectivity index (χ1n) is 9.45. The van der Waals surface area contributed by atoms with Crippen LogP contribution in [0, 0.1) is 13.8 Å². The van der Waals surface area contributed by atoms with Crippen LogP contribution in [0.2, 0.25) is 5.02 Å². The van der Waals surface area contributed by atoms with Gasteiger partial charge in [0, 0.05) is 16.1 Å². The number of hydrogen-bond acceptors (Lipinski definition) is 4. The molecule has 0 saturated heterocycles. The third-order valence-electron chi connectivity index (χ3n) is 4.86. The van der Waals surface area contributed by atoms with E-state index in [9.17, 15) is 9.59 Å². The van der Waals surface area contributed by atoms with Gasteiger partial charge < -0.3 is 0 Å². The molecule has 2 amide bonds. The average Bonchev–Trinajstić information content (AvgIpc) is 2.95. The van der Waals surface area contributed by atoms with Gasteiger partial charge >= 0.3 is 0 Å². The first-order chi connectivity index (χ1) is 14.4. The molecule has 0 unspecified atom stereocenters. The summed E-state index contributed by atoms with van der Waals surface area (Å²) in [7, 11) is 0. The van der Waals surface area contributed by atoms with Crippen LogP contribution in [0.1, 0.15) is 22.4 Å². The van der Waals surface area contributed by atoms with E-state index in [1.165, 1.54) is 16.7 Å². The van der Waals surface area contributed by atoms with E-state index in [1.54, 1.807) is 24.4 Å². The summed E-state index contributed by atoms with van der Waals surface area (Å²) in [5.74, 6) is -0.602. The molecule has 0 radical (unpaired) electrons. The number of aromatic nitrogens is 1. The van der Waals surface area contributed by atoms with Crippen molar-refractivity contribution in [2.45, 2.75) is 25.3 Å². The standard InChI is InChI=1S/C24H19ClN2O2S/c1-15-6-11-20(16(2)13-15)21-22(30-19-9-7-17(25)8-10-19)24(29)27(23(21)28)14-18-5-3-4-12-26-18/h3-13H,14H2,1-2H3. The number of benzene rings is 2.